The molecule has 128 valence electrons. The number of esters is 1. The van der Waals surface area contributed by atoms with E-state index in [1.165, 1.54) is 0 Å². The van der Waals surface area contributed by atoms with Gasteiger partial charge in [0.1, 0.15) is 0 Å². The van der Waals surface area contributed by atoms with Crippen LogP contribution in [0.2, 0.25) is 0 Å². The topological polar surface area (TPSA) is 46.6 Å². The SMILES string of the molecule is C=CCN1C(=O)C[C@H](c2cccc(C)c2)C(C(=O)OC(C)C)=C1C. The molecule has 0 bridgehead atoms. The molecule has 1 heterocycles. The molecule has 24 heavy (non-hydrogen) atoms. The van der Waals surface area contributed by atoms with E-state index in [1.807, 2.05) is 45.0 Å². The van der Waals surface area contributed by atoms with E-state index in [1.54, 1.807) is 17.9 Å². The zero-order chi connectivity index (χ0) is 17.9. The van der Waals surface area contributed by atoms with E-state index >= 15 is 0 Å². The molecule has 4 nitrogen and oxygen atoms in total. The molecule has 0 spiro atoms. The van der Waals surface area contributed by atoms with Crippen LogP contribution in [-0.4, -0.2) is 29.4 Å². The Balaban J connectivity index is 2.53. The summed E-state index contributed by atoms with van der Waals surface area (Å²) in [6, 6.07) is 7.94. The number of nitrogens with zero attached hydrogens (tertiary/aromatic N) is 1. The van der Waals surface area contributed by atoms with Crippen molar-refractivity contribution >= 4 is 11.9 Å². The Morgan fingerprint density at radius 3 is 2.71 bits per heavy atom. The van der Waals surface area contributed by atoms with Gasteiger partial charge in [0.15, 0.2) is 0 Å². The Hall–Kier alpha value is -2.36. The summed E-state index contributed by atoms with van der Waals surface area (Å²) in [5.74, 6) is -0.625. The minimum atomic E-state index is -0.351. The molecular formula is C20H25NO3. The van der Waals surface area contributed by atoms with E-state index in [0.29, 0.717) is 17.8 Å². The minimum absolute atomic E-state index is 0.00000283. The van der Waals surface area contributed by atoms with Crippen LogP contribution in [0.25, 0.3) is 0 Å². The standard InChI is InChI=1S/C20H25NO3/c1-6-10-21-15(5)19(20(23)24-13(2)3)17(12-18(21)22)16-9-7-8-14(4)11-16/h6-9,11,13,17H,1,10,12H2,2-5H3/t17-/m1/s1. The molecule has 0 N–H and O–H groups in total. The first-order valence-electron chi connectivity index (χ1n) is 8.24. The summed E-state index contributed by atoms with van der Waals surface area (Å²) in [5, 5.41) is 0. The van der Waals surface area contributed by atoms with Gasteiger partial charge in [-0.05, 0) is 33.3 Å². The fourth-order valence-corrected chi connectivity index (χ4v) is 3.08. The van der Waals surface area contributed by atoms with Crippen molar-refractivity contribution in [3.63, 3.8) is 0 Å². The Labute approximate surface area is 143 Å². The highest BCUT2D eigenvalue weighted by molar-refractivity contribution is 5.96. The monoisotopic (exact) mass is 327 g/mol. The molecular weight excluding hydrogens is 302 g/mol. The van der Waals surface area contributed by atoms with Gasteiger partial charge in [-0.25, -0.2) is 4.79 Å². The first kappa shape index (κ1) is 18.0. The third-order valence-electron chi connectivity index (χ3n) is 4.14. The summed E-state index contributed by atoms with van der Waals surface area (Å²) in [5.41, 5.74) is 3.29. The van der Waals surface area contributed by atoms with Crippen molar-refractivity contribution < 1.29 is 14.3 Å². The van der Waals surface area contributed by atoms with Crippen molar-refractivity contribution in [3.8, 4) is 0 Å². The average molecular weight is 327 g/mol. The predicted octanol–water partition coefficient (Wildman–Crippen LogP) is 3.72. The molecule has 0 radical (unpaired) electrons. The zero-order valence-corrected chi connectivity index (χ0v) is 14.8. The molecule has 1 aliphatic heterocycles. The summed E-state index contributed by atoms with van der Waals surface area (Å²) in [7, 11) is 0. The highest BCUT2D eigenvalue weighted by atomic mass is 16.5. The maximum atomic E-state index is 12.7. The molecule has 1 atom stereocenters. The Morgan fingerprint density at radius 2 is 2.12 bits per heavy atom. The largest absolute Gasteiger partial charge is 0.460 e. The number of allylic oxidation sites excluding steroid dienone is 1. The molecule has 0 saturated heterocycles. The third kappa shape index (κ3) is 3.75. The molecule has 0 fully saturated rings. The third-order valence-corrected chi connectivity index (χ3v) is 4.14. The molecule has 0 aromatic heterocycles. The summed E-state index contributed by atoms with van der Waals surface area (Å²) in [4.78, 5) is 26.9. The lowest BCUT2D eigenvalue weighted by Gasteiger charge is -2.34. The average Bonchev–Trinajstić information content (AvgIpc) is 2.50. The normalized spacial score (nSPS) is 18.1. The van der Waals surface area contributed by atoms with Crippen LogP contribution < -0.4 is 0 Å². The van der Waals surface area contributed by atoms with Gasteiger partial charge in [0, 0.05) is 24.6 Å². The second kappa shape index (κ2) is 7.47. The highest BCUT2D eigenvalue weighted by Crippen LogP contribution is 2.37. The maximum absolute atomic E-state index is 12.7. The van der Waals surface area contributed by atoms with Gasteiger partial charge in [-0.2, -0.15) is 0 Å². The summed E-state index contributed by atoms with van der Waals surface area (Å²) in [6.45, 7) is 11.5. The van der Waals surface area contributed by atoms with Gasteiger partial charge >= 0.3 is 5.97 Å². The number of amides is 1. The van der Waals surface area contributed by atoms with Crippen LogP contribution in [0.5, 0.6) is 0 Å². The Bertz CT molecular complexity index is 688. The molecule has 1 aromatic rings. The lowest BCUT2D eigenvalue weighted by atomic mass is 9.83. The molecule has 1 amide bonds. The predicted molar refractivity (Wildman–Crippen MR) is 94.4 cm³/mol. The van der Waals surface area contributed by atoms with Crippen LogP contribution in [-0.2, 0) is 14.3 Å². The van der Waals surface area contributed by atoms with Crippen molar-refractivity contribution in [1.29, 1.82) is 0 Å². The van der Waals surface area contributed by atoms with Crippen LogP contribution in [0.3, 0.4) is 0 Å². The number of aryl methyl sites for hydroxylation is 1. The summed E-state index contributed by atoms with van der Waals surface area (Å²) in [6.07, 6.45) is 1.72. The van der Waals surface area contributed by atoms with E-state index in [2.05, 4.69) is 6.58 Å². The quantitative estimate of drug-likeness (QED) is 0.611. The zero-order valence-electron chi connectivity index (χ0n) is 14.8. The van der Waals surface area contributed by atoms with Gasteiger partial charge in [0.2, 0.25) is 5.91 Å². The van der Waals surface area contributed by atoms with Crippen molar-refractivity contribution in [3.05, 3.63) is 59.3 Å². The summed E-state index contributed by atoms with van der Waals surface area (Å²) < 4.78 is 5.44. The van der Waals surface area contributed by atoms with Gasteiger partial charge in [-0.3, -0.25) is 4.79 Å². The van der Waals surface area contributed by atoms with E-state index in [9.17, 15) is 9.59 Å². The number of benzene rings is 1. The Kier molecular flexibility index (Phi) is 5.60. The van der Waals surface area contributed by atoms with Crippen LogP contribution in [0.15, 0.2) is 48.2 Å². The van der Waals surface area contributed by atoms with E-state index < -0.39 is 0 Å². The fourth-order valence-electron chi connectivity index (χ4n) is 3.08. The lowest BCUT2D eigenvalue weighted by molar-refractivity contribution is -0.143. The van der Waals surface area contributed by atoms with E-state index in [4.69, 9.17) is 4.74 Å². The number of carbonyl (C=O) groups is 2. The summed E-state index contributed by atoms with van der Waals surface area (Å²) >= 11 is 0. The van der Waals surface area contributed by atoms with E-state index in [-0.39, 0.29) is 30.3 Å². The van der Waals surface area contributed by atoms with Crippen molar-refractivity contribution in [2.45, 2.75) is 46.1 Å². The number of hydrogen-bond donors (Lipinski definition) is 0. The first-order valence-corrected chi connectivity index (χ1v) is 8.24. The number of ether oxygens (including phenoxy) is 1. The van der Waals surface area contributed by atoms with E-state index in [0.717, 1.165) is 11.1 Å². The number of carbonyl (C=O) groups excluding carboxylic acids is 2. The lowest BCUT2D eigenvalue weighted by Crippen LogP contribution is -2.38. The molecule has 4 heteroatoms. The van der Waals surface area contributed by atoms with Crippen LogP contribution >= 0.6 is 0 Å². The van der Waals surface area contributed by atoms with Crippen LogP contribution in [0, 0.1) is 6.92 Å². The molecule has 2 rings (SSSR count). The smallest absolute Gasteiger partial charge is 0.336 e. The van der Waals surface area contributed by atoms with Crippen LogP contribution in [0.4, 0.5) is 0 Å². The van der Waals surface area contributed by atoms with Crippen molar-refractivity contribution in [1.82, 2.24) is 4.90 Å². The van der Waals surface area contributed by atoms with Gasteiger partial charge in [-0.15, -0.1) is 6.58 Å². The minimum Gasteiger partial charge on any atom is -0.460 e. The molecule has 1 aliphatic rings. The molecule has 1 aromatic carbocycles. The second-order valence-electron chi connectivity index (χ2n) is 6.42. The molecule has 0 unspecified atom stereocenters. The maximum Gasteiger partial charge on any atom is 0.336 e. The van der Waals surface area contributed by atoms with Gasteiger partial charge < -0.3 is 9.64 Å². The van der Waals surface area contributed by atoms with Gasteiger partial charge in [0.25, 0.3) is 0 Å². The molecule has 0 saturated carbocycles. The first-order chi connectivity index (χ1) is 11.3. The van der Waals surface area contributed by atoms with Gasteiger partial charge in [-0.1, -0.05) is 35.9 Å². The second-order valence-corrected chi connectivity index (χ2v) is 6.42. The van der Waals surface area contributed by atoms with Crippen molar-refractivity contribution in [2.24, 2.45) is 0 Å². The Morgan fingerprint density at radius 1 is 1.42 bits per heavy atom. The number of rotatable bonds is 5. The number of hydrogen-bond acceptors (Lipinski definition) is 3. The fraction of sp³-hybridized carbons (Fsp3) is 0.400. The van der Waals surface area contributed by atoms with Crippen LogP contribution in [0.1, 0.15) is 44.2 Å². The van der Waals surface area contributed by atoms with Gasteiger partial charge in [0.05, 0.1) is 11.7 Å². The van der Waals surface area contributed by atoms with Crippen molar-refractivity contribution in [2.75, 3.05) is 6.54 Å². The molecule has 0 aliphatic carbocycles. The highest BCUT2D eigenvalue weighted by Gasteiger charge is 2.36.